The summed E-state index contributed by atoms with van der Waals surface area (Å²) in [6, 6.07) is 0.269. The first-order valence-corrected chi connectivity index (χ1v) is 2.96. The van der Waals surface area contributed by atoms with Crippen molar-refractivity contribution in [2.24, 2.45) is 5.73 Å². The van der Waals surface area contributed by atoms with E-state index in [1.54, 1.807) is 0 Å². The summed E-state index contributed by atoms with van der Waals surface area (Å²) in [5.74, 6) is 0. The van der Waals surface area contributed by atoms with Crippen LogP contribution in [-0.4, -0.2) is 10.9 Å². The van der Waals surface area contributed by atoms with Crippen LogP contribution in [0.1, 0.15) is 13.8 Å². The first-order chi connectivity index (χ1) is 2.64. The van der Waals surface area contributed by atoms with Crippen LogP contribution in [0.2, 0.25) is 0 Å². The Morgan fingerprint density at radius 2 is 1.57 bits per heavy atom. The molecule has 2 atom stereocenters. The third-order valence-corrected chi connectivity index (χ3v) is 1.56. The van der Waals surface area contributed by atoms with Gasteiger partial charge in [-0.3, -0.25) is 0 Å². The summed E-state index contributed by atoms with van der Waals surface area (Å²) in [6.45, 7) is 4.00. The second kappa shape index (κ2) is 4.88. The first-order valence-electron chi connectivity index (χ1n) is 2.04. The van der Waals surface area contributed by atoms with E-state index in [9.17, 15) is 0 Å². The Kier molecular flexibility index (Phi) is 7.43. The Morgan fingerprint density at radius 3 is 1.57 bits per heavy atom. The fourth-order valence-corrected chi connectivity index (χ4v) is 0. The standard InChI is InChI=1S/C4H10BrN.ClH/c1-3(5)4(2)6;/h3-4H,6H2,1-2H3;1H. The minimum absolute atomic E-state index is 0. The SMILES string of the molecule is CC(N)C(C)Br.Cl. The van der Waals surface area contributed by atoms with Crippen molar-refractivity contribution in [1.82, 2.24) is 0 Å². The zero-order valence-corrected chi connectivity index (χ0v) is 6.92. The highest BCUT2D eigenvalue weighted by Crippen LogP contribution is 1.98. The number of rotatable bonds is 1. The van der Waals surface area contributed by atoms with Gasteiger partial charge in [0.15, 0.2) is 0 Å². The molecule has 0 aliphatic carbocycles. The third kappa shape index (κ3) is 6.73. The topological polar surface area (TPSA) is 26.0 Å². The highest BCUT2D eigenvalue weighted by molar-refractivity contribution is 9.09. The van der Waals surface area contributed by atoms with Gasteiger partial charge in [0.25, 0.3) is 0 Å². The van der Waals surface area contributed by atoms with E-state index in [-0.39, 0.29) is 18.4 Å². The van der Waals surface area contributed by atoms with Gasteiger partial charge in [-0.25, -0.2) is 0 Å². The Labute approximate surface area is 59.2 Å². The van der Waals surface area contributed by atoms with Crippen molar-refractivity contribution in [2.75, 3.05) is 0 Å². The molecule has 3 heteroatoms. The highest BCUT2D eigenvalue weighted by Gasteiger charge is 1.98. The molecule has 2 unspecified atom stereocenters. The molecule has 0 fully saturated rings. The van der Waals surface area contributed by atoms with Gasteiger partial charge in [-0.05, 0) is 6.92 Å². The summed E-state index contributed by atoms with van der Waals surface area (Å²) in [5.41, 5.74) is 5.39. The van der Waals surface area contributed by atoms with E-state index < -0.39 is 0 Å². The van der Waals surface area contributed by atoms with Crippen LogP contribution >= 0.6 is 28.3 Å². The summed E-state index contributed by atoms with van der Waals surface area (Å²) in [7, 11) is 0. The molecule has 0 aliphatic rings. The van der Waals surface area contributed by atoms with E-state index in [0.717, 1.165) is 0 Å². The van der Waals surface area contributed by atoms with Crippen LogP contribution < -0.4 is 5.73 Å². The lowest BCUT2D eigenvalue weighted by Gasteiger charge is -2.03. The van der Waals surface area contributed by atoms with Gasteiger partial charge < -0.3 is 5.73 Å². The Bertz CT molecular complexity index is 32.7. The molecule has 2 N–H and O–H groups in total. The van der Waals surface area contributed by atoms with Crippen molar-refractivity contribution < 1.29 is 0 Å². The Balaban J connectivity index is 0. The maximum absolute atomic E-state index is 5.39. The number of halogens is 2. The van der Waals surface area contributed by atoms with Crippen LogP contribution in [0.25, 0.3) is 0 Å². The molecule has 0 rings (SSSR count). The summed E-state index contributed by atoms with van der Waals surface area (Å²) in [4.78, 5) is 0.442. The van der Waals surface area contributed by atoms with Crippen molar-refractivity contribution >= 4 is 28.3 Å². The van der Waals surface area contributed by atoms with Crippen LogP contribution in [0.3, 0.4) is 0 Å². The molecule has 0 radical (unpaired) electrons. The molecule has 0 heterocycles. The van der Waals surface area contributed by atoms with Crippen LogP contribution in [0.4, 0.5) is 0 Å². The summed E-state index contributed by atoms with van der Waals surface area (Å²) in [6.07, 6.45) is 0. The Hall–Kier alpha value is 0.730. The minimum Gasteiger partial charge on any atom is -0.327 e. The predicted molar refractivity (Wildman–Crippen MR) is 39.3 cm³/mol. The summed E-state index contributed by atoms with van der Waals surface area (Å²) in [5, 5.41) is 0. The average molecular weight is 188 g/mol. The van der Waals surface area contributed by atoms with Gasteiger partial charge in [-0.1, -0.05) is 22.9 Å². The largest absolute Gasteiger partial charge is 0.327 e. The average Bonchev–Trinajstić information content (AvgIpc) is 1.36. The lowest BCUT2D eigenvalue weighted by atomic mass is 10.3. The van der Waals surface area contributed by atoms with Crippen LogP contribution in [0, 0.1) is 0 Å². The molecule has 0 aromatic heterocycles. The zero-order chi connectivity index (χ0) is 5.15. The highest BCUT2D eigenvalue weighted by atomic mass is 79.9. The second-order valence-corrected chi connectivity index (χ2v) is 2.98. The second-order valence-electron chi connectivity index (χ2n) is 1.54. The number of hydrogen-bond donors (Lipinski definition) is 1. The van der Waals surface area contributed by atoms with E-state index >= 15 is 0 Å². The van der Waals surface area contributed by atoms with E-state index in [1.165, 1.54) is 0 Å². The monoisotopic (exact) mass is 187 g/mol. The van der Waals surface area contributed by atoms with Crippen LogP contribution in [0.5, 0.6) is 0 Å². The maximum atomic E-state index is 5.39. The maximum Gasteiger partial charge on any atom is 0.0266 e. The van der Waals surface area contributed by atoms with Gasteiger partial charge in [0.05, 0.1) is 0 Å². The molecule has 0 aromatic rings. The van der Waals surface area contributed by atoms with Crippen molar-refractivity contribution in [3.63, 3.8) is 0 Å². The molecular formula is C4H11BrClN. The predicted octanol–water partition coefficient (Wildman–Crippen LogP) is 1.54. The van der Waals surface area contributed by atoms with Gasteiger partial charge in [0.1, 0.15) is 0 Å². The molecule has 0 aliphatic heterocycles. The molecule has 0 saturated carbocycles. The van der Waals surface area contributed by atoms with Gasteiger partial charge in [-0.2, -0.15) is 0 Å². The summed E-state index contributed by atoms with van der Waals surface area (Å²) >= 11 is 3.31. The molecule has 0 aromatic carbocycles. The fourth-order valence-electron chi connectivity index (χ4n) is 0. The van der Waals surface area contributed by atoms with Crippen molar-refractivity contribution in [1.29, 1.82) is 0 Å². The molecular weight excluding hydrogens is 177 g/mol. The fraction of sp³-hybridized carbons (Fsp3) is 1.00. The number of nitrogens with two attached hydrogens (primary N) is 1. The molecule has 0 amide bonds. The first kappa shape index (κ1) is 10.7. The molecule has 0 spiro atoms. The van der Waals surface area contributed by atoms with Crippen LogP contribution in [0.15, 0.2) is 0 Å². The van der Waals surface area contributed by atoms with E-state index in [0.29, 0.717) is 4.83 Å². The van der Waals surface area contributed by atoms with E-state index in [2.05, 4.69) is 15.9 Å². The molecule has 0 bridgehead atoms. The smallest absolute Gasteiger partial charge is 0.0266 e. The van der Waals surface area contributed by atoms with Gasteiger partial charge >= 0.3 is 0 Å². The molecule has 0 saturated heterocycles. The lowest BCUT2D eigenvalue weighted by molar-refractivity contribution is 0.740. The molecule has 46 valence electrons. The number of alkyl halides is 1. The minimum atomic E-state index is 0. The third-order valence-electron chi connectivity index (χ3n) is 0.725. The Morgan fingerprint density at radius 1 is 1.43 bits per heavy atom. The van der Waals surface area contributed by atoms with Crippen molar-refractivity contribution in [3.8, 4) is 0 Å². The molecule has 7 heavy (non-hydrogen) atoms. The van der Waals surface area contributed by atoms with Gasteiger partial charge in [0.2, 0.25) is 0 Å². The molecule has 1 nitrogen and oxygen atoms in total. The van der Waals surface area contributed by atoms with Crippen molar-refractivity contribution in [2.45, 2.75) is 24.7 Å². The zero-order valence-electron chi connectivity index (χ0n) is 4.52. The normalized spacial score (nSPS) is 17.1. The number of hydrogen-bond acceptors (Lipinski definition) is 1. The van der Waals surface area contributed by atoms with Gasteiger partial charge in [0, 0.05) is 10.9 Å². The quantitative estimate of drug-likeness (QED) is 0.621. The van der Waals surface area contributed by atoms with E-state index in [1.807, 2.05) is 13.8 Å². The van der Waals surface area contributed by atoms with E-state index in [4.69, 9.17) is 5.73 Å². The van der Waals surface area contributed by atoms with Crippen molar-refractivity contribution in [3.05, 3.63) is 0 Å². The van der Waals surface area contributed by atoms with Gasteiger partial charge in [-0.15, -0.1) is 12.4 Å². The summed E-state index contributed by atoms with van der Waals surface area (Å²) < 4.78 is 0. The van der Waals surface area contributed by atoms with Crippen LogP contribution in [-0.2, 0) is 0 Å². The lowest BCUT2D eigenvalue weighted by Crippen LogP contribution is -2.23.